The van der Waals surface area contributed by atoms with Gasteiger partial charge in [0.2, 0.25) is 0 Å². The zero-order chi connectivity index (χ0) is 13.7. The Morgan fingerprint density at radius 2 is 1.22 bits per heavy atom. The predicted molar refractivity (Wildman–Crippen MR) is 74.6 cm³/mol. The molecule has 0 aliphatic rings. The number of rotatable bonds is 1. The van der Waals surface area contributed by atoms with Crippen LogP contribution in [0.1, 0.15) is 17.3 Å². The van der Waals surface area contributed by atoms with Crippen molar-refractivity contribution < 1.29 is 15.0 Å². The van der Waals surface area contributed by atoms with Gasteiger partial charge in [0.05, 0.1) is 31.1 Å². The molecule has 9 heteroatoms. The van der Waals surface area contributed by atoms with E-state index in [-0.39, 0.29) is 37.9 Å². The molecule has 0 spiro atoms. The quantitative estimate of drug-likeness (QED) is 0.592. The summed E-state index contributed by atoms with van der Waals surface area (Å²) >= 11 is 28.0. The van der Waals surface area contributed by atoms with Gasteiger partial charge < -0.3 is 21.2 Å². The van der Waals surface area contributed by atoms with Crippen molar-refractivity contribution in [2.75, 3.05) is 6.61 Å². The van der Waals surface area contributed by atoms with Crippen molar-refractivity contribution >= 4 is 64.0 Å². The van der Waals surface area contributed by atoms with E-state index in [0.717, 1.165) is 0 Å². The molecule has 104 valence electrons. The Morgan fingerprint density at radius 3 is 1.44 bits per heavy atom. The number of quaternary nitrogens is 1. The molecule has 0 aliphatic heterocycles. The van der Waals surface area contributed by atoms with Crippen LogP contribution >= 0.6 is 58.0 Å². The van der Waals surface area contributed by atoms with E-state index in [1.165, 1.54) is 0 Å². The highest BCUT2D eigenvalue weighted by atomic mass is 35.5. The highest BCUT2D eigenvalue weighted by molar-refractivity contribution is 6.56. The first-order valence-electron chi connectivity index (χ1n) is 4.13. The number of aromatic carboxylic acids is 1. The van der Waals surface area contributed by atoms with Crippen LogP contribution in [0.15, 0.2) is 0 Å². The maximum Gasteiger partial charge on any atom is 0.0809 e. The monoisotopic (exact) mass is 355 g/mol. The van der Waals surface area contributed by atoms with Gasteiger partial charge in [0, 0.05) is 12.2 Å². The molecule has 0 heterocycles. The summed E-state index contributed by atoms with van der Waals surface area (Å²) in [6, 6.07) is 0. The zero-order valence-electron chi connectivity index (χ0n) is 9.36. The first kappa shape index (κ1) is 20.4. The molecule has 1 rings (SSSR count). The highest BCUT2D eigenvalue weighted by Crippen LogP contribution is 2.43. The first-order valence-corrected chi connectivity index (χ1v) is 6.02. The summed E-state index contributed by atoms with van der Waals surface area (Å²) in [4.78, 5) is 10.6. The van der Waals surface area contributed by atoms with Gasteiger partial charge in [-0.05, 0) is 6.92 Å². The fourth-order valence-electron chi connectivity index (χ4n) is 0.784. The number of carbonyl (C=O) groups is 1. The second kappa shape index (κ2) is 9.04. The summed E-state index contributed by atoms with van der Waals surface area (Å²) in [5, 5.41) is 17.2. The summed E-state index contributed by atoms with van der Waals surface area (Å²) in [7, 11) is 0. The molecule has 0 amide bonds. The summed E-state index contributed by atoms with van der Waals surface area (Å²) in [6.45, 7) is 1.93. The fourth-order valence-corrected chi connectivity index (χ4v) is 2.08. The Hall–Kier alpha value is 0.0600. The third-order valence-corrected chi connectivity index (χ3v) is 3.69. The number of benzene rings is 1. The molecule has 0 saturated carbocycles. The molecule has 0 aliphatic carbocycles. The lowest BCUT2D eigenvalue weighted by atomic mass is 10.2. The van der Waals surface area contributed by atoms with Gasteiger partial charge in [-0.25, -0.2) is 0 Å². The summed E-state index contributed by atoms with van der Waals surface area (Å²) in [6.07, 6.45) is 0. The lowest BCUT2D eigenvalue weighted by Gasteiger charge is -2.12. The van der Waals surface area contributed by atoms with Gasteiger partial charge in [-0.1, -0.05) is 58.0 Å². The number of aliphatic hydroxyl groups excluding tert-OH is 1. The second-order valence-corrected chi connectivity index (χ2v) is 4.44. The first-order chi connectivity index (χ1) is 7.79. The molecular formula is C9H10Cl5NO3. The lowest BCUT2D eigenvalue weighted by Crippen LogP contribution is -2.23. The van der Waals surface area contributed by atoms with Gasteiger partial charge in [-0.3, -0.25) is 0 Å². The maximum absolute atomic E-state index is 10.6. The van der Waals surface area contributed by atoms with Crippen LogP contribution in [0.3, 0.4) is 0 Å². The summed E-state index contributed by atoms with van der Waals surface area (Å²) in [5.74, 6) is -1.57. The molecule has 0 atom stereocenters. The molecule has 18 heavy (non-hydrogen) atoms. The standard InChI is InChI=1S/C7HCl5O2.C2H6O.H3N/c8-2-1(7(13)14)3(9)5(11)6(12)4(2)10;1-2-3;/h(H,13,14);3H,2H2,1H3;1H3. The van der Waals surface area contributed by atoms with Crippen LogP contribution in [0, 0.1) is 0 Å². The van der Waals surface area contributed by atoms with E-state index in [4.69, 9.17) is 63.1 Å². The average Bonchev–Trinajstić information content (AvgIpc) is 2.24. The molecule has 1 aromatic rings. The van der Waals surface area contributed by atoms with E-state index < -0.39 is 11.5 Å². The van der Waals surface area contributed by atoms with Crippen molar-refractivity contribution in [2.45, 2.75) is 6.92 Å². The third kappa shape index (κ3) is 4.63. The van der Waals surface area contributed by atoms with Crippen LogP contribution < -0.4 is 11.3 Å². The molecule has 0 bridgehead atoms. The van der Waals surface area contributed by atoms with Gasteiger partial charge in [0.15, 0.2) is 0 Å². The number of carboxylic acid groups (broad SMARTS) is 1. The zero-order valence-corrected chi connectivity index (χ0v) is 13.1. The van der Waals surface area contributed by atoms with Crippen LogP contribution in [-0.2, 0) is 0 Å². The molecular weight excluding hydrogens is 347 g/mol. The number of hydrogen-bond donors (Lipinski definition) is 2. The minimum absolute atomic E-state index is 0. The van der Waals surface area contributed by atoms with Crippen molar-refractivity contribution in [2.24, 2.45) is 0 Å². The molecule has 0 aromatic heterocycles. The van der Waals surface area contributed by atoms with Gasteiger partial charge in [0.1, 0.15) is 0 Å². The molecule has 0 fully saturated rings. The Morgan fingerprint density at radius 1 is 1.00 bits per heavy atom. The molecule has 1 aromatic carbocycles. The smallest absolute Gasteiger partial charge is 0.0809 e. The normalized spacial score (nSPS) is 9.06. The Balaban J connectivity index is 0. The Kier molecular flexibility index (Phi) is 10.2. The SMILES string of the molecule is CCO.O=C([O-])c1c(Cl)c(Cl)c(Cl)c(Cl)c1Cl.[NH4+]. The van der Waals surface area contributed by atoms with Gasteiger partial charge in [0.25, 0.3) is 0 Å². The topological polar surface area (TPSA) is 96.9 Å². The summed E-state index contributed by atoms with van der Waals surface area (Å²) < 4.78 is 0. The average molecular weight is 357 g/mol. The molecule has 0 unspecified atom stereocenters. The van der Waals surface area contributed by atoms with Gasteiger partial charge >= 0.3 is 0 Å². The fraction of sp³-hybridized carbons (Fsp3) is 0.222. The van der Waals surface area contributed by atoms with Crippen molar-refractivity contribution in [1.29, 1.82) is 0 Å². The largest absolute Gasteiger partial charge is 0.545 e. The number of carboxylic acids is 1. The number of carbonyl (C=O) groups excluding carboxylic acids is 1. The van der Waals surface area contributed by atoms with E-state index >= 15 is 0 Å². The minimum atomic E-state index is -1.57. The van der Waals surface area contributed by atoms with Crippen LogP contribution in [0.4, 0.5) is 0 Å². The number of halogens is 5. The van der Waals surface area contributed by atoms with E-state index in [9.17, 15) is 9.90 Å². The van der Waals surface area contributed by atoms with Crippen molar-refractivity contribution in [1.82, 2.24) is 6.15 Å². The number of aliphatic hydroxyl groups is 1. The Bertz CT molecular complexity index is 410. The van der Waals surface area contributed by atoms with E-state index in [1.807, 2.05) is 0 Å². The second-order valence-electron chi connectivity index (χ2n) is 2.55. The van der Waals surface area contributed by atoms with Crippen molar-refractivity contribution in [3.05, 3.63) is 30.7 Å². The molecule has 4 nitrogen and oxygen atoms in total. The van der Waals surface area contributed by atoms with Crippen LogP contribution in [0.5, 0.6) is 0 Å². The van der Waals surface area contributed by atoms with Crippen molar-refractivity contribution in [3.63, 3.8) is 0 Å². The van der Waals surface area contributed by atoms with E-state index in [2.05, 4.69) is 0 Å². The number of hydrogen-bond acceptors (Lipinski definition) is 3. The Labute approximate surface area is 129 Å². The predicted octanol–water partition coefficient (Wildman–Crippen LogP) is 3.69. The van der Waals surface area contributed by atoms with Crippen LogP contribution in [-0.4, -0.2) is 17.7 Å². The molecule has 0 radical (unpaired) electrons. The molecule has 0 saturated heterocycles. The third-order valence-electron chi connectivity index (χ3n) is 1.41. The van der Waals surface area contributed by atoms with Crippen LogP contribution in [0.2, 0.25) is 25.1 Å². The van der Waals surface area contributed by atoms with E-state index in [0.29, 0.717) is 0 Å². The van der Waals surface area contributed by atoms with Crippen LogP contribution in [0.25, 0.3) is 0 Å². The summed E-state index contributed by atoms with van der Waals surface area (Å²) in [5.41, 5.74) is -0.465. The maximum atomic E-state index is 10.6. The molecule has 5 N–H and O–H groups in total. The van der Waals surface area contributed by atoms with Gasteiger partial charge in [-0.15, -0.1) is 0 Å². The van der Waals surface area contributed by atoms with Gasteiger partial charge in [-0.2, -0.15) is 0 Å². The lowest BCUT2D eigenvalue weighted by molar-refractivity contribution is -0.255. The minimum Gasteiger partial charge on any atom is -0.545 e. The van der Waals surface area contributed by atoms with Crippen molar-refractivity contribution in [3.8, 4) is 0 Å². The highest BCUT2D eigenvalue weighted by Gasteiger charge is 2.19. The van der Waals surface area contributed by atoms with E-state index in [1.54, 1.807) is 6.92 Å².